The van der Waals surface area contributed by atoms with Gasteiger partial charge in [0.15, 0.2) is 5.82 Å². The van der Waals surface area contributed by atoms with Gasteiger partial charge >= 0.3 is 0 Å². The maximum Gasteiger partial charge on any atom is 0.255 e. The third-order valence-corrected chi connectivity index (χ3v) is 6.55. The van der Waals surface area contributed by atoms with Crippen molar-refractivity contribution in [3.05, 3.63) is 99.1 Å². The Hall–Kier alpha value is -3.62. The molecule has 176 valence electrons. The molecule has 5 rings (SSSR count). The van der Waals surface area contributed by atoms with Crippen LogP contribution in [0.25, 0.3) is 11.4 Å². The number of hydrogen-bond acceptors (Lipinski definition) is 5. The highest BCUT2D eigenvalue weighted by atomic mass is 79.9. The normalized spacial score (nSPS) is 14.8. The van der Waals surface area contributed by atoms with Gasteiger partial charge in [-0.1, -0.05) is 63.9 Å². The van der Waals surface area contributed by atoms with Crippen LogP contribution in [0.1, 0.15) is 18.5 Å². The molecule has 0 radical (unpaired) electrons. The van der Waals surface area contributed by atoms with Gasteiger partial charge in [0.25, 0.3) is 5.91 Å². The van der Waals surface area contributed by atoms with Gasteiger partial charge in [-0.3, -0.25) is 4.79 Å². The van der Waals surface area contributed by atoms with Gasteiger partial charge in [-0.2, -0.15) is 4.98 Å². The molecule has 0 bridgehead atoms. The number of amides is 1. The van der Waals surface area contributed by atoms with Crippen LogP contribution in [0, 0.1) is 0 Å². The first-order valence-corrected chi connectivity index (χ1v) is 12.0. The minimum atomic E-state index is -0.526. The summed E-state index contributed by atoms with van der Waals surface area (Å²) in [5, 5.41) is 11.6. The third kappa shape index (κ3) is 4.42. The van der Waals surface area contributed by atoms with Crippen LogP contribution in [0.3, 0.4) is 0 Å². The van der Waals surface area contributed by atoms with E-state index < -0.39 is 6.04 Å². The maximum atomic E-state index is 13.7. The third-order valence-electron chi connectivity index (χ3n) is 5.73. The average Bonchev–Trinajstić information content (AvgIpc) is 3.27. The number of ether oxygens (including phenoxy) is 1. The van der Waals surface area contributed by atoms with Gasteiger partial charge in [0, 0.05) is 15.7 Å². The van der Waals surface area contributed by atoms with Crippen LogP contribution >= 0.6 is 27.5 Å². The van der Waals surface area contributed by atoms with Crippen LogP contribution in [-0.4, -0.2) is 27.8 Å². The van der Waals surface area contributed by atoms with Crippen LogP contribution in [0.15, 0.2) is 88.5 Å². The minimum absolute atomic E-state index is 0.273. The summed E-state index contributed by atoms with van der Waals surface area (Å²) < 4.78 is 8.03. The van der Waals surface area contributed by atoms with Crippen molar-refractivity contribution < 1.29 is 9.53 Å². The van der Waals surface area contributed by atoms with E-state index in [1.165, 1.54) is 0 Å². The number of allylic oxidation sites excluding steroid dienone is 1. The zero-order chi connectivity index (χ0) is 24.5. The standard InChI is InChI=1S/C26H21BrClN5O2/c1-15-22(25(34)30-20-12-5-6-13-21(20)35-2)23(16-8-7-9-17(27)14-16)33-26(29-15)31-24(32-33)18-10-3-4-11-19(18)28/h3-14,23H,1-2H3,(H,30,34)(H,29,31,32). The number of rotatable bonds is 5. The predicted molar refractivity (Wildman–Crippen MR) is 141 cm³/mol. The van der Waals surface area contributed by atoms with Gasteiger partial charge < -0.3 is 15.4 Å². The molecule has 0 fully saturated rings. The molecule has 1 aromatic heterocycles. The van der Waals surface area contributed by atoms with Crippen molar-refractivity contribution in [2.45, 2.75) is 13.0 Å². The smallest absolute Gasteiger partial charge is 0.255 e. The molecule has 0 saturated carbocycles. The number of benzene rings is 3. The predicted octanol–water partition coefficient (Wildman–Crippen LogP) is 6.30. The van der Waals surface area contributed by atoms with Crippen LogP contribution in [-0.2, 0) is 4.79 Å². The minimum Gasteiger partial charge on any atom is -0.495 e. The number of anilines is 2. The topological polar surface area (TPSA) is 81.1 Å². The lowest BCUT2D eigenvalue weighted by Gasteiger charge is -2.29. The lowest BCUT2D eigenvalue weighted by Crippen LogP contribution is -2.31. The molecule has 2 heterocycles. The van der Waals surface area contributed by atoms with E-state index in [0.717, 1.165) is 10.0 Å². The van der Waals surface area contributed by atoms with E-state index in [1.807, 2.05) is 61.5 Å². The Bertz CT molecular complexity index is 1470. The van der Waals surface area contributed by atoms with Crippen molar-refractivity contribution in [2.24, 2.45) is 0 Å². The van der Waals surface area contributed by atoms with E-state index in [9.17, 15) is 4.79 Å². The number of fused-ring (bicyclic) bond motifs is 1. The van der Waals surface area contributed by atoms with Gasteiger partial charge in [0.05, 0.1) is 23.4 Å². The molecular weight excluding hydrogens is 530 g/mol. The van der Waals surface area contributed by atoms with Gasteiger partial charge in [-0.05, 0) is 48.9 Å². The Morgan fingerprint density at radius 2 is 1.89 bits per heavy atom. The number of nitrogens with zero attached hydrogens (tertiary/aromatic N) is 3. The maximum absolute atomic E-state index is 13.7. The van der Waals surface area contributed by atoms with Crippen LogP contribution in [0.2, 0.25) is 5.02 Å². The fourth-order valence-corrected chi connectivity index (χ4v) is 4.76. The summed E-state index contributed by atoms with van der Waals surface area (Å²) in [7, 11) is 1.57. The van der Waals surface area contributed by atoms with Crippen molar-refractivity contribution in [1.29, 1.82) is 0 Å². The van der Waals surface area contributed by atoms with Crippen molar-refractivity contribution in [1.82, 2.24) is 14.8 Å². The summed E-state index contributed by atoms with van der Waals surface area (Å²) in [6.45, 7) is 1.86. The fourth-order valence-electron chi connectivity index (χ4n) is 4.12. The molecule has 35 heavy (non-hydrogen) atoms. The molecule has 0 saturated heterocycles. The number of halogens is 2. The number of para-hydroxylation sites is 2. The summed E-state index contributed by atoms with van der Waals surface area (Å²) in [5.74, 6) is 1.29. The number of carbonyl (C=O) groups is 1. The highest BCUT2D eigenvalue weighted by Crippen LogP contribution is 2.38. The molecule has 2 N–H and O–H groups in total. The first-order chi connectivity index (χ1) is 17.0. The largest absolute Gasteiger partial charge is 0.495 e. The van der Waals surface area contributed by atoms with Crippen molar-refractivity contribution in [3.8, 4) is 17.1 Å². The van der Waals surface area contributed by atoms with Gasteiger partial charge in [-0.15, -0.1) is 5.10 Å². The molecule has 1 unspecified atom stereocenters. The second-order valence-corrected chi connectivity index (χ2v) is 9.28. The van der Waals surface area contributed by atoms with E-state index in [2.05, 4.69) is 26.6 Å². The van der Waals surface area contributed by atoms with E-state index >= 15 is 0 Å². The average molecular weight is 551 g/mol. The highest BCUT2D eigenvalue weighted by molar-refractivity contribution is 9.10. The summed E-state index contributed by atoms with van der Waals surface area (Å²) >= 11 is 9.97. The van der Waals surface area contributed by atoms with Crippen molar-refractivity contribution >= 4 is 45.1 Å². The van der Waals surface area contributed by atoms with Gasteiger partial charge in [-0.25, -0.2) is 4.68 Å². The zero-order valence-corrected chi connectivity index (χ0v) is 21.3. The summed E-state index contributed by atoms with van der Waals surface area (Å²) in [4.78, 5) is 18.4. The first-order valence-electron chi connectivity index (χ1n) is 10.9. The number of hydrogen-bond donors (Lipinski definition) is 2. The van der Waals surface area contributed by atoms with Crippen LogP contribution < -0.4 is 15.4 Å². The van der Waals surface area contributed by atoms with E-state index in [-0.39, 0.29) is 5.91 Å². The fraction of sp³-hybridized carbons (Fsp3) is 0.115. The Balaban J connectivity index is 1.62. The molecule has 0 aliphatic carbocycles. The number of nitrogens with one attached hydrogen (secondary N) is 2. The van der Waals surface area contributed by atoms with Gasteiger partial charge in [0.1, 0.15) is 11.8 Å². The summed E-state index contributed by atoms with van der Waals surface area (Å²) in [6.07, 6.45) is 0. The monoisotopic (exact) mass is 549 g/mol. The number of methoxy groups -OCH3 is 1. The summed E-state index contributed by atoms with van der Waals surface area (Å²) in [6, 6.07) is 22.0. The number of carbonyl (C=O) groups excluding carboxylic acids is 1. The Morgan fingerprint density at radius 1 is 1.11 bits per heavy atom. The first kappa shape index (κ1) is 23.1. The zero-order valence-electron chi connectivity index (χ0n) is 18.9. The Kier molecular flexibility index (Phi) is 6.32. The molecule has 1 amide bonds. The lowest BCUT2D eigenvalue weighted by atomic mass is 9.95. The van der Waals surface area contributed by atoms with Crippen molar-refractivity contribution in [3.63, 3.8) is 0 Å². The molecule has 0 spiro atoms. The van der Waals surface area contributed by atoms with E-state index in [1.54, 1.807) is 30.0 Å². The second kappa shape index (κ2) is 9.56. The quantitative estimate of drug-likeness (QED) is 0.305. The second-order valence-electron chi connectivity index (χ2n) is 7.96. The molecular formula is C26H21BrClN5O2. The SMILES string of the molecule is COc1ccccc1NC(=O)C1=C(C)Nc2nc(-c3ccccc3Cl)nn2C1c1cccc(Br)c1. The van der Waals surface area contributed by atoms with E-state index in [0.29, 0.717) is 45.1 Å². The van der Waals surface area contributed by atoms with E-state index in [4.69, 9.17) is 26.4 Å². The molecule has 1 aliphatic rings. The number of aromatic nitrogens is 3. The lowest BCUT2D eigenvalue weighted by molar-refractivity contribution is -0.113. The molecule has 1 aliphatic heterocycles. The van der Waals surface area contributed by atoms with Crippen molar-refractivity contribution in [2.75, 3.05) is 17.7 Å². The molecule has 1 atom stereocenters. The molecule has 4 aromatic rings. The van der Waals surface area contributed by atoms with Gasteiger partial charge in [0.2, 0.25) is 5.95 Å². The molecule has 9 heteroatoms. The van der Waals surface area contributed by atoms with Crippen LogP contribution in [0.4, 0.5) is 11.6 Å². The van der Waals surface area contributed by atoms with Crippen LogP contribution in [0.5, 0.6) is 5.75 Å². The highest BCUT2D eigenvalue weighted by Gasteiger charge is 2.35. The summed E-state index contributed by atoms with van der Waals surface area (Å²) in [5.41, 5.74) is 3.35. The Labute approximate surface area is 215 Å². The molecule has 3 aromatic carbocycles. The Morgan fingerprint density at radius 3 is 2.66 bits per heavy atom. The molecule has 7 nitrogen and oxygen atoms in total.